The number of nitrogens with one attached hydrogen (secondary N) is 1. The van der Waals surface area contributed by atoms with E-state index in [2.05, 4.69) is 5.32 Å². The molecule has 2 aromatic carbocycles. The number of hydrogen-bond acceptors (Lipinski definition) is 6. The van der Waals surface area contributed by atoms with Gasteiger partial charge < -0.3 is 20.1 Å². The molecule has 1 heterocycles. The van der Waals surface area contributed by atoms with Crippen molar-refractivity contribution in [3.8, 4) is 5.75 Å². The van der Waals surface area contributed by atoms with Crippen LogP contribution in [-0.2, 0) is 0 Å². The van der Waals surface area contributed by atoms with E-state index in [-0.39, 0.29) is 33.3 Å². The van der Waals surface area contributed by atoms with Gasteiger partial charge in [0.05, 0.1) is 28.3 Å². The minimum Gasteiger partial charge on any atom is -0.493 e. The van der Waals surface area contributed by atoms with Gasteiger partial charge in [0.15, 0.2) is 5.75 Å². The van der Waals surface area contributed by atoms with E-state index in [1.54, 1.807) is 6.07 Å². The lowest BCUT2D eigenvalue weighted by atomic mass is 10.1. The summed E-state index contributed by atoms with van der Waals surface area (Å²) in [6, 6.07) is 6.70. The Morgan fingerprint density at radius 2 is 1.87 bits per heavy atom. The number of benzene rings is 2. The lowest BCUT2D eigenvalue weighted by Gasteiger charge is -2.28. The lowest BCUT2D eigenvalue weighted by molar-refractivity contribution is -0.384. The number of rotatable bonds is 6. The molecule has 0 spiro atoms. The van der Waals surface area contributed by atoms with Gasteiger partial charge in [0.25, 0.3) is 11.6 Å². The Morgan fingerprint density at radius 3 is 2.47 bits per heavy atom. The first-order valence-electron chi connectivity index (χ1n) is 9.27. The third-order valence-corrected chi connectivity index (χ3v) is 5.15. The molecule has 1 amide bonds. The van der Waals surface area contributed by atoms with Crippen LogP contribution < -0.4 is 15.0 Å². The minimum absolute atomic E-state index is 0.0131. The second-order valence-electron chi connectivity index (χ2n) is 6.81. The molecule has 1 fully saturated rings. The quantitative estimate of drug-likeness (QED) is 0.517. The Kier molecular flexibility index (Phi) is 6.41. The molecule has 3 rings (SSSR count). The molecule has 158 valence electrons. The summed E-state index contributed by atoms with van der Waals surface area (Å²) in [5.41, 5.74) is 0.289. The fourth-order valence-corrected chi connectivity index (χ4v) is 3.72. The summed E-state index contributed by atoms with van der Waals surface area (Å²) >= 11 is 6.05. The highest BCUT2D eigenvalue weighted by Crippen LogP contribution is 2.36. The summed E-state index contributed by atoms with van der Waals surface area (Å²) < 4.78 is 5.15. The number of nitro benzene ring substituents is 1. The first-order chi connectivity index (χ1) is 14.3. The van der Waals surface area contributed by atoms with Crippen LogP contribution in [0.25, 0.3) is 0 Å². The van der Waals surface area contributed by atoms with Crippen LogP contribution in [0.4, 0.5) is 17.1 Å². The second-order valence-corrected chi connectivity index (χ2v) is 7.21. The third-order valence-electron chi connectivity index (χ3n) is 4.87. The first-order valence-corrected chi connectivity index (χ1v) is 9.65. The number of aromatic carboxylic acids is 1. The number of methoxy groups -OCH3 is 1. The number of halogens is 1. The summed E-state index contributed by atoms with van der Waals surface area (Å²) in [6.07, 6.45) is 3.00. The molecule has 2 N–H and O–H groups in total. The zero-order valence-corrected chi connectivity index (χ0v) is 16.9. The molecule has 1 saturated heterocycles. The number of anilines is 2. The van der Waals surface area contributed by atoms with Gasteiger partial charge in [-0.2, -0.15) is 0 Å². The van der Waals surface area contributed by atoms with Crippen molar-refractivity contribution in [1.82, 2.24) is 0 Å². The van der Waals surface area contributed by atoms with Crippen molar-refractivity contribution in [3.05, 3.63) is 56.6 Å². The molecule has 0 saturated carbocycles. The van der Waals surface area contributed by atoms with Gasteiger partial charge >= 0.3 is 5.97 Å². The first kappa shape index (κ1) is 21.4. The van der Waals surface area contributed by atoms with Crippen molar-refractivity contribution in [2.75, 3.05) is 30.4 Å². The number of piperidine rings is 1. The van der Waals surface area contributed by atoms with Crippen LogP contribution in [0.3, 0.4) is 0 Å². The summed E-state index contributed by atoms with van der Waals surface area (Å²) in [4.78, 5) is 37.1. The number of ether oxygens (including phenoxy) is 1. The number of carboxylic acid groups (broad SMARTS) is 1. The zero-order chi connectivity index (χ0) is 21.8. The van der Waals surface area contributed by atoms with Crippen LogP contribution in [0.1, 0.15) is 40.0 Å². The highest BCUT2D eigenvalue weighted by molar-refractivity contribution is 6.33. The van der Waals surface area contributed by atoms with Gasteiger partial charge in [-0.1, -0.05) is 11.6 Å². The summed E-state index contributed by atoms with van der Waals surface area (Å²) in [6.45, 7) is 1.45. The van der Waals surface area contributed by atoms with E-state index >= 15 is 0 Å². The van der Waals surface area contributed by atoms with E-state index in [1.807, 2.05) is 4.90 Å². The molecule has 0 radical (unpaired) electrons. The molecular formula is C20H20ClN3O6. The van der Waals surface area contributed by atoms with Crippen LogP contribution in [0.5, 0.6) is 5.75 Å². The van der Waals surface area contributed by atoms with Crippen LogP contribution >= 0.6 is 11.6 Å². The standard InChI is InChI=1S/C20H20ClN3O6/c1-30-18-14(21)9-13(20(26)27)10-15(18)22-19(25)12-5-6-16(17(11-12)24(28)29)23-7-3-2-4-8-23/h5-6,9-11H,2-4,7-8H2,1H3,(H,22,25)(H,26,27). The predicted octanol–water partition coefficient (Wildman–Crippen LogP) is 4.20. The van der Waals surface area contributed by atoms with Crippen molar-refractivity contribution < 1.29 is 24.4 Å². The maximum atomic E-state index is 12.7. The van der Waals surface area contributed by atoms with Gasteiger partial charge in [0, 0.05) is 24.7 Å². The van der Waals surface area contributed by atoms with E-state index in [9.17, 15) is 24.8 Å². The van der Waals surface area contributed by atoms with Gasteiger partial charge in [-0.15, -0.1) is 0 Å². The summed E-state index contributed by atoms with van der Waals surface area (Å²) in [5.74, 6) is -1.79. The van der Waals surface area contributed by atoms with E-state index in [1.165, 1.54) is 31.4 Å². The van der Waals surface area contributed by atoms with E-state index in [4.69, 9.17) is 16.3 Å². The lowest BCUT2D eigenvalue weighted by Crippen LogP contribution is -2.30. The Hall–Kier alpha value is -3.33. The predicted molar refractivity (Wildman–Crippen MR) is 112 cm³/mol. The molecule has 0 aliphatic carbocycles. The highest BCUT2D eigenvalue weighted by atomic mass is 35.5. The van der Waals surface area contributed by atoms with Crippen molar-refractivity contribution in [3.63, 3.8) is 0 Å². The van der Waals surface area contributed by atoms with E-state index in [0.717, 1.165) is 32.4 Å². The Bertz CT molecular complexity index is 1000. The molecule has 0 unspecified atom stereocenters. The third kappa shape index (κ3) is 4.46. The van der Waals surface area contributed by atoms with Gasteiger partial charge in [-0.25, -0.2) is 4.79 Å². The van der Waals surface area contributed by atoms with Crippen molar-refractivity contribution in [2.24, 2.45) is 0 Å². The smallest absolute Gasteiger partial charge is 0.335 e. The number of nitrogens with zero attached hydrogens (tertiary/aromatic N) is 2. The monoisotopic (exact) mass is 433 g/mol. The highest BCUT2D eigenvalue weighted by Gasteiger charge is 2.24. The molecule has 0 aromatic heterocycles. The number of hydrogen-bond donors (Lipinski definition) is 2. The average Bonchev–Trinajstić information content (AvgIpc) is 2.73. The maximum Gasteiger partial charge on any atom is 0.335 e. The normalized spacial score (nSPS) is 13.6. The zero-order valence-electron chi connectivity index (χ0n) is 16.2. The van der Waals surface area contributed by atoms with Crippen molar-refractivity contribution in [2.45, 2.75) is 19.3 Å². The largest absolute Gasteiger partial charge is 0.493 e. The van der Waals surface area contributed by atoms with E-state index < -0.39 is 16.8 Å². The topological polar surface area (TPSA) is 122 Å². The van der Waals surface area contributed by atoms with Gasteiger partial charge in [-0.3, -0.25) is 14.9 Å². The fraction of sp³-hybridized carbons (Fsp3) is 0.300. The summed E-state index contributed by atoms with van der Waals surface area (Å²) in [7, 11) is 1.33. The average molecular weight is 434 g/mol. The molecule has 10 heteroatoms. The SMILES string of the molecule is COc1c(Cl)cc(C(=O)O)cc1NC(=O)c1ccc(N2CCCCC2)c([N+](=O)[O-])c1. The van der Waals surface area contributed by atoms with Crippen LogP contribution in [-0.4, -0.2) is 42.1 Å². The van der Waals surface area contributed by atoms with Gasteiger partial charge in [0.2, 0.25) is 0 Å². The minimum atomic E-state index is -1.23. The van der Waals surface area contributed by atoms with Crippen LogP contribution in [0, 0.1) is 10.1 Å². The van der Waals surface area contributed by atoms with Gasteiger partial charge in [0.1, 0.15) is 5.69 Å². The Balaban J connectivity index is 1.93. The molecule has 9 nitrogen and oxygen atoms in total. The fourth-order valence-electron chi connectivity index (χ4n) is 3.42. The number of carboxylic acids is 1. The Labute approximate surface area is 177 Å². The van der Waals surface area contributed by atoms with Crippen molar-refractivity contribution >= 4 is 40.5 Å². The molecule has 2 aromatic rings. The number of amides is 1. The molecular weight excluding hydrogens is 414 g/mol. The van der Waals surface area contributed by atoms with Crippen LogP contribution in [0.15, 0.2) is 30.3 Å². The number of carbonyl (C=O) groups is 2. The number of nitro groups is 1. The molecule has 1 aliphatic heterocycles. The van der Waals surface area contributed by atoms with Crippen LogP contribution in [0.2, 0.25) is 5.02 Å². The molecule has 30 heavy (non-hydrogen) atoms. The van der Waals surface area contributed by atoms with E-state index in [0.29, 0.717) is 5.69 Å². The molecule has 0 atom stereocenters. The molecule has 1 aliphatic rings. The van der Waals surface area contributed by atoms with Gasteiger partial charge in [-0.05, 0) is 43.5 Å². The maximum absolute atomic E-state index is 12.7. The number of carbonyl (C=O) groups excluding carboxylic acids is 1. The summed E-state index contributed by atoms with van der Waals surface area (Å²) in [5, 5.41) is 23.4. The molecule has 0 bridgehead atoms. The second kappa shape index (κ2) is 9.00. The van der Waals surface area contributed by atoms with Crippen molar-refractivity contribution in [1.29, 1.82) is 0 Å². The Morgan fingerprint density at radius 1 is 1.17 bits per heavy atom.